The molecule has 0 aliphatic heterocycles. The molecule has 82 valence electrons. The number of aliphatic carboxylic acids is 1. The SMILES string of the molecule is CCN(C)C(=O)NCCOCC(=O)O. The monoisotopic (exact) mass is 204 g/mol. The van der Waals surface area contributed by atoms with Gasteiger partial charge in [0.1, 0.15) is 6.61 Å². The van der Waals surface area contributed by atoms with Crippen LogP contribution in [0.2, 0.25) is 0 Å². The summed E-state index contributed by atoms with van der Waals surface area (Å²) in [6.45, 7) is 2.67. The summed E-state index contributed by atoms with van der Waals surface area (Å²) in [7, 11) is 1.67. The minimum atomic E-state index is -1.01. The highest BCUT2D eigenvalue weighted by Crippen LogP contribution is 1.82. The molecule has 6 heteroatoms. The van der Waals surface area contributed by atoms with Gasteiger partial charge in [-0.05, 0) is 6.92 Å². The molecule has 2 N–H and O–H groups in total. The molecule has 0 aliphatic rings. The number of nitrogens with zero attached hydrogens (tertiary/aromatic N) is 1. The second-order valence-corrected chi connectivity index (χ2v) is 2.69. The van der Waals surface area contributed by atoms with Crippen LogP contribution in [0.1, 0.15) is 6.92 Å². The van der Waals surface area contributed by atoms with E-state index in [4.69, 9.17) is 9.84 Å². The van der Waals surface area contributed by atoms with Gasteiger partial charge in [-0.25, -0.2) is 9.59 Å². The summed E-state index contributed by atoms with van der Waals surface area (Å²) < 4.78 is 4.73. The summed E-state index contributed by atoms with van der Waals surface area (Å²) in [6, 6.07) is -0.188. The van der Waals surface area contributed by atoms with E-state index >= 15 is 0 Å². The number of rotatable bonds is 6. The molecule has 0 bridgehead atoms. The Kier molecular flexibility index (Phi) is 6.47. The zero-order valence-corrected chi connectivity index (χ0v) is 8.45. The van der Waals surface area contributed by atoms with Crippen molar-refractivity contribution in [3.05, 3.63) is 0 Å². The molecular formula is C8H16N2O4. The molecule has 0 saturated carbocycles. The highest BCUT2D eigenvalue weighted by molar-refractivity contribution is 5.73. The molecule has 0 saturated heterocycles. The predicted molar refractivity (Wildman–Crippen MR) is 50.2 cm³/mol. The number of amides is 2. The van der Waals surface area contributed by atoms with Crippen LogP contribution >= 0.6 is 0 Å². The molecule has 14 heavy (non-hydrogen) atoms. The van der Waals surface area contributed by atoms with Crippen molar-refractivity contribution in [3.8, 4) is 0 Å². The highest BCUT2D eigenvalue weighted by Gasteiger charge is 2.04. The summed E-state index contributed by atoms with van der Waals surface area (Å²) >= 11 is 0. The first-order chi connectivity index (χ1) is 6.57. The van der Waals surface area contributed by atoms with Gasteiger partial charge in [0.15, 0.2) is 0 Å². The van der Waals surface area contributed by atoms with Gasteiger partial charge in [-0.2, -0.15) is 0 Å². The van der Waals surface area contributed by atoms with E-state index in [0.717, 1.165) is 0 Å². The second-order valence-electron chi connectivity index (χ2n) is 2.69. The summed E-state index contributed by atoms with van der Waals surface area (Å²) in [5.41, 5.74) is 0. The fourth-order valence-corrected chi connectivity index (χ4v) is 0.668. The Bertz CT molecular complexity index is 196. The van der Waals surface area contributed by atoms with E-state index < -0.39 is 5.97 Å². The maximum Gasteiger partial charge on any atom is 0.329 e. The number of hydrogen-bond donors (Lipinski definition) is 2. The summed E-state index contributed by atoms with van der Waals surface area (Å²) in [5, 5.41) is 10.8. The van der Waals surface area contributed by atoms with Crippen molar-refractivity contribution in [3.63, 3.8) is 0 Å². The Hall–Kier alpha value is -1.30. The lowest BCUT2D eigenvalue weighted by molar-refractivity contribution is -0.142. The molecule has 0 rings (SSSR count). The van der Waals surface area contributed by atoms with E-state index in [9.17, 15) is 9.59 Å². The number of nitrogens with one attached hydrogen (secondary N) is 1. The normalized spacial score (nSPS) is 9.57. The average Bonchev–Trinajstić information content (AvgIpc) is 2.15. The lowest BCUT2D eigenvalue weighted by Gasteiger charge is -2.15. The van der Waals surface area contributed by atoms with Crippen molar-refractivity contribution in [2.24, 2.45) is 0 Å². The van der Waals surface area contributed by atoms with Gasteiger partial charge in [0, 0.05) is 20.1 Å². The number of urea groups is 1. The van der Waals surface area contributed by atoms with Crippen LogP contribution in [0.3, 0.4) is 0 Å². The Labute approximate surface area is 82.8 Å². The van der Waals surface area contributed by atoms with Crippen LogP contribution in [-0.2, 0) is 9.53 Å². The number of carboxylic acids is 1. The Balaban J connectivity index is 3.36. The van der Waals surface area contributed by atoms with Gasteiger partial charge >= 0.3 is 12.0 Å². The maximum absolute atomic E-state index is 11.1. The molecular weight excluding hydrogens is 188 g/mol. The summed E-state index contributed by atoms with van der Waals surface area (Å²) in [5.74, 6) is -1.01. The number of carbonyl (C=O) groups excluding carboxylic acids is 1. The van der Waals surface area contributed by atoms with Gasteiger partial charge in [0.05, 0.1) is 6.61 Å². The first-order valence-electron chi connectivity index (χ1n) is 4.36. The molecule has 2 amide bonds. The Morgan fingerprint density at radius 2 is 2.14 bits per heavy atom. The molecule has 0 unspecified atom stereocenters. The van der Waals surface area contributed by atoms with Crippen molar-refractivity contribution in [1.29, 1.82) is 0 Å². The lowest BCUT2D eigenvalue weighted by atomic mass is 10.6. The van der Waals surface area contributed by atoms with Crippen LogP contribution in [0.15, 0.2) is 0 Å². The molecule has 0 aromatic rings. The van der Waals surface area contributed by atoms with Crippen LogP contribution < -0.4 is 5.32 Å². The van der Waals surface area contributed by atoms with Gasteiger partial charge in [-0.3, -0.25) is 0 Å². The standard InChI is InChI=1S/C8H16N2O4/c1-3-10(2)8(13)9-4-5-14-6-7(11)12/h3-6H2,1-2H3,(H,9,13)(H,11,12). The van der Waals surface area contributed by atoms with Crippen molar-refractivity contribution in [1.82, 2.24) is 10.2 Å². The first-order valence-corrected chi connectivity index (χ1v) is 4.36. The fourth-order valence-electron chi connectivity index (χ4n) is 0.668. The average molecular weight is 204 g/mol. The van der Waals surface area contributed by atoms with Crippen molar-refractivity contribution in [2.75, 3.05) is 33.4 Å². The van der Waals surface area contributed by atoms with Crippen LogP contribution in [0.25, 0.3) is 0 Å². The topological polar surface area (TPSA) is 78.9 Å². The number of carboxylic acid groups (broad SMARTS) is 1. The molecule has 0 aliphatic carbocycles. The van der Waals surface area contributed by atoms with Crippen LogP contribution in [0, 0.1) is 0 Å². The van der Waals surface area contributed by atoms with Crippen LogP contribution in [-0.4, -0.2) is 55.4 Å². The Morgan fingerprint density at radius 3 is 2.64 bits per heavy atom. The van der Waals surface area contributed by atoms with E-state index in [2.05, 4.69) is 5.32 Å². The second kappa shape index (κ2) is 7.14. The molecule has 0 radical (unpaired) electrons. The summed E-state index contributed by atoms with van der Waals surface area (Å²) in [4.78, 5) is 22.7. The first kappa shape index (κ1) is 12.7. The molecule has 0 spiro atoms. The minimum absolute atomic E-state index is 0.188. The molecule has 0 heterocycles. The quantitative estimate of drug-likeness (QED) is 0.585. The zero-order valence-electron chi connectivity index (χ0n) is 8.45. The molecule has 0 fully saturated rings. The smallest absolute Gasteiger partial charge is 0.329 e. The predicted octanol–water partition coefficient (Wildman–Crippen LogP) is -0.251. The minimum Gasteiger partial charge on any atom is -0.480 e. The molecule has 0 atom stereocenters. The maximum atomic E-state index is 11.1. The van der Waals surface area contributed by atoms with E-state index in [1.807, 2.05) is 6.92 Å². The van der Waals surface area contributed by atoms with Gasteiger partial charge in [0.2, 0.25) is 0 Å². The van der Waals surface area contributed by atoms with Gasteiger partial charge in [0.25, 0.3) is 0 Å². The third kappa shape index (κ3) is 6.24. The highest BCUT2D eigenvalue weighted by atomic mass is 16.5. The third-order valence-corrected chi connectivity index (χ3v) is 1.57. The Morgan fingerprint density at radius 1 is 1.50 bits per heavy atom. The van der Waals surface area contributed by atoms with E-state index in [1.165, 1.54) is 4.90 Å². The van der Waals surface area contributed by atoms with Crippen molar-refractivity contribution < 1.29 is 19.4 Å². The molecule has 0 aromatic carbocycles. The third-order valence-electron chi connectivity index (χ3n) is 1.57. The number of hydrogen-bond acceptors (Lipinski definition) is 3. The van der Waals surface area contributed by atoms with Crippen LogP contribution in [0.4, 0.5) is 4.79 Å². The van der Waals surface area contributed by atoms with E-state index in [1.54, 1.807) is 7.05 Å². The van der Waals surface area contributed by atoms with E-state index in [-0.39, 0.29) is 19.2 Å². The van der Waals surface area contributed by atoms with Gasteiger partial charge in [-0.15, -0.1) is 0 Å². The molecule has 0 aromatic heterocycles. The molecule has 6 nitrogen and oxygen atoms in total. The zero-order chi connectivity index (χ0) is 11.0. The summed E-state index contributed by atoms with van der Waals surface area (Å²) in [6.07, 6.45) is 0. The number of ether oxygens (including phenoxy) is 1. The van der Waals surface area contributed by atoms with Crippen LogP contribution in [0.5, 0.6) is 0 Å². The lowest BCUT2D eigenvalue weighted by Crippen LogP contribution is -2.38. The van der Waals surface area contributed by atoms with Crippen molar-refractivity contribution in [2.45, 2.75) is 6.92 Å². The largest absolute Gasteiger partial charge is 0.480 e. The van der Waals surface area contributed by atoms with Gasteiger partial charge < -0.3 is 20.1 Å². The van der Waals surface area contributed by atoms with Gasteiger partial charge in [-0.1, -0.05) is 0 Å². The fraction of sp³-hybridized carbons (Fsp3) is 0.750. The van der Waals surface area contributed by atoms with E-state index in [0.29, 0.717) is 13.1 Å². The number of carbonyl (C=O) groups is 2. The van der Waals surface area contributed by atoms with Crippen molar-refractivity contribution >= 4 is 12.0 Å².